The summed E-state index contributed by atoms with van der Waals surface area (Å²) in [7, 11) is 0. The fraction of sp³-hybridized carbons (Fsp3) is 0.207. The van der Waals surface area contributed by atoms with Crippen molar-refractivity contribution in [1.82, 2.24) is 19.8 Å². The number of para-hydroxylation sites is 2. The Labute approximate surface area is 217 Å². The summed E-state index contributed by atoms with van der Waals surface area (Å²) >= 11 is 5.80. The normalized spacial score (nSPS) is 17.2. The Kier molecular flexibility index (Phi) is 6.82. The molecule has 0 aliphatic carbocycles. The van der Waals surface area contributed by atoms with Crippen LogP contribution in [0.5, 0.6) is 0 Å². The molecule has 1 saturated heterocycles. The van der Waals surface area contributed by atoms with Crippen molar-refractivity contribution in [2.24, 2.45) is 0 Å². The number of hydrogen-bond acceptors (Lipinski definition) is 3. The first kappa shape index (κ1) is 23.8. The van der Waals surface area contributed by atoms with Crippen LogP contribution in [0.3, 0.4) is 0 Å². The van der Waals surface area contributed by atoms with Crippen molar-refractivity contribution in [1.29, 1.82) is 0 Å². The maximum absolute atomic E-state index is 12.8. The van der Waals surface area contributed by atoms with Crippen molar-refractivity contribution in [2.75, 3.05) is 11.9 Å². The molecular formula is C29H29N5OS. The molecule has 0 bridgehead atoms. The summed E-state index contributed by atoms with van der Waals surface area (Å²) in [5.74, 6) is -0.0428. The molecule has 36 heavy (non-hydrogen) atoms. The van der Waals surface area contributed by atoms with Gasteiger partial charge in [0, 0.05) is 41.9 Å². The first-order valence-corrected chi connectivity index (χ1v) is 12.5. The van der Waals surface area contributed by atoms with E-state index < -0.39 is 0 Å². The highest BCUT2D eigenvalue weighted by Crippen LogP contribution is 2.41. The summed E-state index contributed by atoms with van der Waals surface area (Å²) in [5, 5.41) is 7.10. The van der Waals surface area contributed by atoms with Gasteiger partial charge in [-0.25, -0.2) is 0 Å². The Bertz CT molecular complexity index is 1350. The van der Waals surface area contributed by atoms with Crippen LogP contribution < -0.4 is 10.6 Å². The molecule has 182 valence electrons. The van der Waals surface area contributed by atoms with Gasteiger partial charge in [0.2, 0.25) is 5.91 Å². The Morgan fingerprint density at radius 1 is 1.00 bits per heavy atom. The van der Waals surface area contributed by atoms with Gasteiger partial charge in [0.15, 0.2) is 5.11 Å². The highest BCUT2D eigenvalue weighted by atomic mass is 32.1. The molecule has 2 atom stereocenters. The summed E-state index contributed by atoms with van der Waals surface area (Å²) in [5.41, 5.74) is 6.30. The average molecular weight is 496 g/mol. The van der Waals surface area contributed by atoms with Crippen LogP contribution in [0.1, 0.15) is 41.1 Å². The maximum Gasteiger partial charge on any atom is 0.226 e. The van der Waals surface area contributed by atoms with Gasteiger partial charge >= 0.3 is 0 Å². The minimum absolute atomic E-state index is 0.0428. The third-order valence-corrected chi connectivity index (χ3v) is 6.99. The summed E-state index contributed by atoms with van der Waals surface area (Å²) in [6.07, 6.45) is 2.12. The van der Waals surface area contributed by atoms with Crippen molar-refractivity contribution < 1.29 is 4.79 Å². The number of pyridine rings is 1. The van der Waals surface area contributed by atoms with E-state index in [-0.39, 0.29) is 18.0 Å². The molecule has 1 fully saturated rings. The topological polar surface area (TPSA) is 62.2 Å². The van der Waals surface area contributed by atoms with Crippen molar-refractivity contribution >= 4 is 28.9 Å². The van der Waals surface area contributed by atoms with Crippen LogP contribution in [0.2, 0.25) is 0 Å². The third kappa shape index (κ3) is 4.75. The van der Waals surface area contributed by atoms with E-state index in [1.165, 1.54) is 5.56 Å². The maximum atomic E-state index is 12.8. The van der Waals surface area contributed by atoms with Gasteiger partial charge in [-0.2, -0.15) is 0 Å². The molecule has 0 unspecified atom stereocenters. The number of carbonyl (C=O) groups excluding carboxylic acids is 1. The first-order chi connectivity index (χ1) is 17.5. The molecule has 6 nitrogen and oxygen atoms in total. The lowest BCUT2D eigenvalue weighted by Crippen LogP contribution is -2.32. The lowest BCUT2D eigenvalue weighted by Gasteiger charge is -2.28. The van der Waals surface area contributed by atoms with Gasteiger partial charge in [0.25, 0.3) is 0 Å². The molecule has 0 saturated carbocycles. The van der Waals surface area contributed by atoms with Gasteiger partial charge in [0.05, 0.1) is 17.8 Å². The van der Waals surface area contributed by atoms with Gasteiger partial charge in [-0.3, -0.25) is 9.78 Å². The number of nitrogens with zero attached hydrogens (tertiary/aromatic N) is 3. The number of benzene rings is 2. The van der Waals surface area contributed by atoms with Gasteiger partial charge in [-0.15, -0.1) is 0 Å². The fourth-order valence-corrected chi connectivity index (χ4v) is 5.35. The Hall–Kier alpha value is -3.97. The zero-order valence-electron chi connectivity index (χ0n) is 20.4. The molecule has 2 N–H and O–H groups in total. The summed E-state index contributed by atoms with van der Waals surface area (Å²) in [4.78, 5) is 19.5. The number of aryl methyl sites for hydroxylation is 1. The molecule has 2 aromatic heterocycles. The van der Waals surface area contributed by atoms with Crippen LogP contribution in [-0.2, 0) is 4.79 Å². The zero-order valence-corrected chi connectivity index (χ0v) is 21.2. The van der Waals surface area contributed by atoms with Crippen molar-refractivity contribution in [3.05, 3.63) is 114 Å². The number of anilines is 1. The summed E-state index contributed by atoms with van der Waals surface area (Å²) in [6, 6.07) is 27.8. The van der Waals surface area contributed by atoms with Gasteiger partial charge in [-0.05, 0) is 74.1 Å². The second kappa shape index (κ2) is 10.3. The molecule has 5 rings (SSSR count). The van der Waals surface area contributed by atoms with E-state index >= 15 is 0 Å². The predicted octanol–water partition coefficient (Wildman–Crippen LogP) is 5.49. The van der Waals surface area contributed by atoms with Gasteiger partial charge in [-0.1, -0.05) is 42.5 Å². The van der Waals surface area contributed by atoms with Crippen LogP contribution in [0.25, 0.3) is 5.69 Å². The fourth-order valence-electron chi connectivity index (χ4n) is 5.01. The van der Waals surface area contributed by atoms with Gasteiger partial charge in [0.1, 0.15) is 0 Å². The Morgan fingerprint density at radius 3 is 2.39 bits per heavy atom. The zero-order chi connectivity index (χ0) is 25.1. The third-order valence-electron chi connectivity index (χ3n) is 6.64. The average Bonchev–Trinajstić information content (AvgIpc) is 3.38. The Balaban J connectivity index is 1.47. The van der Waals surface area contributed by atoms with Crippen LogP contribution in [0.4, 0.5) is 5.69 Å². The van der Waals surface area contributed by atoms with Crippen molar-refractivity contribution in [3.63, 3.8) is 0 Å². The highest BCUT2D eigenvalue weighted by Gasteiger charge is 2.41. The highest BCUT2D eigenvalue weighted by molar-refractivity contribution is 7.80. The second-order valence-corrected chi connectivity index (χ2v) is 9.37. The minimum Gasteiger partial charge on any atom is -0.352 e. The molecular weight excluding hydrogens is 466 g/mol. The molecule has 1 aliphatic heterocycles. The van der Waals surface area contributed by atoms with Crippen LogP contribution >= 0.6 is 12.2 Å². The van der Waals surface area contributed by atoms with Crippen LogP contribution in [-0.4, -0.2) is 32.0 Å². The molecule has 1 amide bonds. The molecule has 2 aromatic carbocycles. The largest absolute Gasteiger partial charge is 0.352 e. The van der Waals surface area contributed by atoms with E-state index in [1.807, 2.05) is 54.6 Å². The van der Waals surface area contributed by atoms with Crippen molar-refractivity contribution in [3.8, 4) is 5.69 Å². The second-order valence-electron chi connectivity index (χ2n) is 8.98. The minimum atomic E-state index is -0.124. The van der Waals surface area contributed by atoms with E-state index in [0.29, 0.717) is 18.1 Å². The van der Waals surface area contributed by atoms with E-state index in [1.54, 1.807) is 6.20 Å². The van der Waals surface area contributed by atoms with E-state index in [9.17, 15) is 4.79 Å². The number of carbonyl (C=O) groups is 1. The van der Waals surface area contributed by atoms with Gasteiger partial charge < -0.3 is 20.1 Å². The molecule has 3 heterocycles. The van der Waals surface area contributed by atoms with E-state index in [0.717, 1.165) is 28.5 Å². The lowest BCUT2D eigenvalue weighted by atomic mass is 9.96. The van der Waals surface area contributed by atoms with Crippen LogP contribution in [0, 0.1) is 13.8 Å². The van der Waals surface area contributed by atoms with E-state index in [4.69, 9.17) is 12.2 Å². The monoisotopic (exact) mass is 495 g/mol. The number of nitrogens with one attached hydrogen (secondary N) is 2. The van der Waals surface area contributed by atoms with E-state index in [2.05, 4.69) is 69.3 Å². The summed E-state index contributed by atoms with van der Waals surface area (Å²) in [6.45, 7) is 4.76. The standard InChI is InChI=1S/C29H29N5OS/c1-20-19-24(21(2)34(20)23-13-7-4-8-14-23)28-27(25-15-9-10-17-30-25)32-29(36)33(28)18-16-26(35)31-22-11-5-3-6-12-22/h3-15,17,19,27-28H,16,18H2,1-2H3,(H,31,35)(H,32,36)/t27-,28-/m1/s1. The summed E-state index contributed by atoms with van der Waals surface area (Å²) < 4.78 is 2.27. The Morgan fingerprint density at radius 2 is 1.69 bits per heavy atom. The molecule has 4 aromatic rings. The van der Waals surface area contributed by atoms with Crippen molar-refractivity contribution in [2.45, 2.75) is 32.4 Å². The molecule has 0 radical (unpaired) electrons. The number of rotatable bonds is 7. The van der Waals surface area contributed by atoms with Crippen LogP contribution in [0.15, 0.2) is 91.1 Å². The predicted molar refractivity (Wildman–Crippen MR) is 147 cm³/mol. The lowest BCUT2D eigenvalue weighted by molar-refractivity contribution is -0.116. The number of hydrogen-bond donors (Lipinski definition) is 2. The number of amides is 1. The smallest absolute Gasteiger partial charge is 0.226 e. The first-order valence-electron chi connectivity index (χ1n) is 12.1. The SMILES string of the molecule is Cc1cc([C@@H]2[C@@H](c3ccccn3)NC(=S)N2CCC(=O)Nc2ccccc2)c(C)n1-c1ccccc1. The molecule has 1 aliphatic rings. The number of thiocarbonyl (C=S) groups is 1. The molecule has 0 spiro atoms. The number of aromatic nitrogens is 2. The molecule has 7 heteroatoms. The quantitative estimate of drug-likeness (QED) is 0.332.